The van der Waals surface area contributed by atoms with Crippen LogP contribution in [0.4, 0.5) is 0 Å². The lowest BCUT2D eigenvalue weighted by atomic mass is 9.83. The number of hydrogen-bond donors (Lipinski definition) is 4. The smallest absolute Gasteiger partial charge is 0.251 e. The topological polar surface area (TPSA) is 136 Å². The first kappa shape index (κ1) is 31.2. The van der Waals surface area contributed by atoms with Crippen LogP contribution in [0.5, 0.6) is 0 Å². The summed E-state index contributed by atoms with van der Waals surface area (Å²) in [5, 5.41) is 27.8. The second-order valence-corrected chi connectivity index (χ2v) is 13.2. The molecule has 0 bridgehead atoms. The van der Waals surface area contributed by atoms with Gasteiger partial charge in [-0.2, -0.15) is 4.31 Å². The Kier molecular flexibility index (Phi) is 11.5. The first-order valence-corrected chi connectivity index (χ1v) is 14.7. The van der Waals surface area contributed by atoms with Crippen molar-refractivity contribution < 1.29 is 28.2 Å². The average Bonchev–Trinajstić information content (AvgIpc) is 3.37. The minimum atomic E-state index is -3.59. The van der Waals surface area contributed by atoms with Crippen LogP contribution in [0.1, 0.15) is 71.2 Å². The number of sulfonamides is 1. The Balaban J connectivity index is 2.18. The zero-order chi connectivity index (χ0) is 27.9. The molecule has 0 aliphatic carbocycles. The fourth-order valence-corrected chi connectivity index (χ4v) is 6.14. The molecule has 1 fully saturated rings. The largest absolute Gasteiger partial charge is 0.390 e. The number of nitrogens with one attached hydrogen (secondary N) is 2. The molecule has 1 saturated heterocycles. The van der Waals surface area contributed by atoms with E-state index in [0.29, 0.717) is 26.1 Å². The third kappa shape index (κ3) is 8.49. The fourth-order valence-electron chi connectivity index (χ4n) is 4.62. The Morgan fingerprint density at radius 3 is 1.97 bits per heavy atom. The van der Waals surface area contributed by atoms with Crippen molar-refractivity contribution in [3.8, 4) is 0 Å². The van der Waals surface area contributed by atoms with Crippen LogP contribution in [0.25, 0.3) is 0 Å². The first-order chi connectivity index (χ1) is 17.2. The molecule has 0 radical (unpaired) electrons. The predicted molar refractivity (Wildman–Crippen MR) is 143 cm³/mol. The molecule has 210 valence electrons. The molecule has 1 aromatic carbocycles. The fraction of sp³-hybridized carbons (Fsp3) is 0.704. The molecule has 0 saturated carbocycles. The monoisotopic (exact) mass is 539 g/mol. The molecule has 0 aromatic heterocycles. The van der Waals surface area contributed by atoms with Gasteiger partial charge < -0.3 is 20.8 Å². The lowest BCUT2D eigenvalue weighted by Gasteiger charge is -2.34. The zero-order valence-electron chi connectivity index (χ0n) is 23.0. The molecular weight excluding hydrogens is 494 g/mol. The normalized spacial score (nSPS) is 18.1. The van der Waals surface area contributed by atoms with Crippen LogP contribution in [0, 0.1) is 23.7 Å². The van der Waals surface area contributed by atoms with Gasteiger partial charge in [0, 0.05) is 25.2 Å². The maximum absolute atomic E-state index is 13.1. The molecule has 9 nitrogen and oxygen atoms in total. The molecule has 1 aromatic rings. The molecule has 1 aliphatic heterocycles. The van der Waals surface area contributed by atoms with Crippen LogP contribution in [0.15, 0.2) is 29.2 Å². The molecule has 0 spiro atoms. The minimum Gasteiger partial charge on any atom is -0.390 e. The van der Waals surface area contributed by atoms with E-state index < -0.39 is 40.1 Å². The van der Waals surface area contributed by atoms with Gasteiger partial charge in [0.1, 0.15) is 6.10 Å². The maximum atomic E-state index is 13.1. The van der Waals surface area contributed by atoms with Crippen molar-refractivity contribution in [2.24, 2.45) is 23.7 Å². The molecule has 10 heteroatoms. The molecule has 2 amide bonds. The number of carbonyl (C=O) groups excluding carboxylic acids is 2. The van der Waals surface area contributed by atoms with E-state index in [0.717, 1.165) is 12.8 Å². The van der Waals surface area contributed by atoms with Gasteiger partial charge in [-0.15, -0.1) is 0 Å². The highest BCUT2D eigenvalue weighted by Gasteiger charge is 2.38. The van der Waals surface area contributed by atoms with Crippen LogP contribution in [0.3, 0.4) is 0 Å². The number of hydrogen-bond acceptors (Lipinski definition) is 6. The van der Waals surface area contributed by atoms with Gasteiger partial charge in [-0.3, -0.25) is 9.59 Å². The molecule has 37 heavy (non-hydrogen) atoms. The summed E-state index contributed by atoms with van der Waals surface area (Å²) >= 11 is 0. The standard InChI is InChI=1S/C27H45N3O6S/c1-17(2)15-22(24(31)25(32)23(19(5)6)27(34)28-16-18(3)4)29-26(33)20-9-11-21(12-10-20)37(35,36)30-13-7-8-14-30/h9-12,17-19,22-25,31-32H,7-8,13-16H2,1-6H3,(H,28,34)(H,29,33)/t22-,23+,24+,25+/m0/s1. The van der Waals surface area contributed by atoms with Crippen molar-refractivity contribution in [2.45, 2.75) is 84.0 Å². The van der Waals surface area contributed by atoms with Gasteiger partial charge in [-0.1, -0.05) is 41.5 Å². The Labute approximate surface area is 222 Å². The van der Waals surface area contributed by atoms with E-state index >= 15 is 0 Å². The van der Waals surface area contributed by atoms with E-state index in [1.165, 1.54) is 28.6 Å². The SMILES string of the molecule is CC(C)CNC(=O)[C@H](C(C)C)[C@@H](O)[C@H](O)[C@H](CC(C)C)NC(=O)c1ccc(S(=O)(=O)N2CCCC2)cc1. The van der Waals surface area contributed by atoms with E-state index in [9.17, 15) is 28.2 Å². The van der Waals surface area contributed by atoms with Gasteiger partial charge >= 0.3 is 0 Å². The van der Waals surface area contributed by atoms with Crippen molar-refractivity contribution in [3.05, 3.63) is 29.8 Å². The van der Waals surface area contributed by atoms with Gasteiger partial charge in [-0.25, -0.2) is 8.42 Å². The van der Waals surface area contributed by atoms with E-state index in [1.807, 2.05) is 41.5 Å². The number of carbonyl (C=O) groups is 2. The quantitative estimate of drug-likeness (QED) is 0.304. The summed E-state index contributed by atoms with van der Waals surface area (Å²) in [7, 11) is -3.59. The van der Waals surface area contributed by atoms with Gasteiger partial charge in [-0.05, 0) is 61.3 Å². The van der Waals surface area contributed by atoms with Crippen molar-refractivity contribution in [1.82, 2.24) is 14.9 Å². The van der Waals surface area contributed by atoms with E-state index in [4.69, 9.17) is 0 Å². The number of rotatable bonds is 13. The number of nitrogens with zero attached hydrogens (tertiary/aromatic N) is 1. The highest BCUT2D eigenvalue weighted by molar-refractivity contribution is 7.89. The zero-order valence-corrected chi connectivity index (χ0v) is 23.8. The molecule has 4 atom stereocenters. The third-order valence-electron chi connectivity index (χ3n) is 6.70. The third-order valence-corrected chi connectivity index (χ3v) is 8.61. The average molecular weight is 540 g/mol. The number of aliphatic hydroxyl groups is 2. The highest BCUT2D eigenvalue weighted by atomic mass is 32.2. The van der Waals surface area contributed by atoms with Gasteiger partial charge in [0.05, 0.1) is 23.0 Å². The second kappa shape index (κ2) is 13.7. The second-order valence-electron chi connectivity index (χ2n) is 11.2. The molecule has 1 heterocycles. The first-order valence-electron chi connectivity index (χ1n) is 13.3. The van der Waals surface area contributed by atoms with Crippen molar-refractivity contribution in [2.75, 3.05) is 19.6 Å². The van der Waals surface area contributed by atoms with Crippen LogP contribution >= 0.6 is 0 Å². The van der Waals surface area contributed by atoms with E-state index in [-0.39, 0.29) is 34.1 Å². The number of amides is 2. The van der Waals surface area contributed by atoms with Crippen molar-refractivity contribution >= 4 is 21.8 Å². The van der Waals surface area contributed by atoms with Crippen LogP contribution in [-0.2, 0) is 14.8 Å². The van der Waals surface area contributed by atoms with Gasteiger partial charge in [0.25, 0.3) is 5.91 Å². The predicted octanol–water partition coefficient (Wildman–Crippen LogP) is 2.38. The molecule has 2 rings (SSSR count). The highest BCUT2D eigenvalue weighted by Crippen LogP contribution is 2.24. The molecule has 1 aliphatic rings. The van der Waals surface area contributed by atoms with Crippen LogP contribution in [0.2, 0.25) is 0 Å². The number of benzene rings is 1. The lowest BCUT2D eigenvalue weighted by Crippen LogP contribution is -2.54. The Morgan fingerprint density at radius 1 is 0.919 bits per heavy atom. The van der Waals surface area contributed by atoms with Crippen molar-refractivity contribution in [1.29, 1.82) is 0 Å². The summed E-state index contributed by atoms with van der Waals surface area (Å²) in [6, 6.07) is 4.92. The van der Waals surface area contributed by atoms with Crippen molar-refractivity contribution in [3.63, 3.8) is 0 Å². The maximum Gasteiger partial charge on any atom is 0.251 e. The van der Waals surface area contributed by atoms with E-state index in [1.54, 1.807) is 0 Å². The lowest BCUT2D eigenvalue weighted by molar-refractivity contribution is -0.136. The van der Waals surface area contributed by atoms with Crippen LogP contribution in [-0.4, -0.2) is 72.6 Å². The summed E-state index contributed by atoms with van der Waals surface area (Å²) < 4.78 is 27.0. The molecular formula is C27H45N3O6S. The summed E-state index contributed by atoms with van der Waals surface area (Å²) in [6.45, 7) is 12.9. The Hall–Kier alpha value is -2.01. The van der Waals surface area contributed by atoms with Gasteiger partial charge in [0.15, 0.2) is 0 Å². The molecule has 0 unspecified atom stereocenters. The minimum absolute atomic E-state index is 0.0902. The number of aliphatic hydroxyl groups excluding tert-OH is 2. The summed E-state index contributed by atoms with van der Waals surface area (Å²) in [4.78, 5) is 26.0. The Morgan fingerprint density at radius 2 is 1.49 bits per heavy atom. The van der Waals surface area contributed by atoms with Gasteiger partial charge in [0.2, 0.25) is 15.9 Å². The van der Waals surface area contributed by atoms with E-state index in [2.05, 4.69) is 10.6 Å². The van der Waals surface area contributed by atoms with Crippen LogP contribution < -0.4 is 10.6 Å². The summed E-state index contributed by atoms with van der Waals surface area (Å²) in [5.74, 6) is -1.59. The molecule has 4 N–H and O–H groups in total. The summed E-state index contributed by atoms with van der Waals surface area (Å²) in [5.41, 5.74) is 0.242. The Bertz CT molecular complexity index is 988. The summed E-state index contributed by atoms with van der Waals surface area (Å²) in [6.07, 6.45) is -0.712.